The van der Waals surface area contributed by atoms with Crippen molar-refractivity contribution in [3.63, 3.8) is 0 Å². The zero-order chi connectivity index (χ0) is 15.1. The number of nitrogens with zero attached hydrogens (tertiary/aromatic N) is 1. The third kappa shape index (κ3) is 2.28. The first-order valence-corrected chi connectivity index (χ1v) is 8.03. The summed E-state index contributed by atoms with van der Waals surface area (Å²) in [6.07, 6.45) is 4.42. The first-order valence-electron chi connectivity index (χ1n) is 6.55. The largest absolute Gasteiger partial charge is 0.480 e. The second-order valence-electron chi connectivity index (χ2n) is 5.20. The van der Waals surface area contributed by atoms with Crippen molar-refractivity contribution in [1.29, 1.82) is 0 Å². The van der Waals surface area contributed by atoms with E-state index in [4.69, 9.17) is 0 Å². The van der Waals surface area contributed by atoms with Crippen molar-refractivity contribution in [2.45, 2.75) is 29.7 Å². The number of fused-ring (bicyclic) bond motifs is 1. The van der Waals surface area contributed by atoms with E-state index in [1.807, 2.05) is 0 Å². The zero-order valence-electron chi connectivity index (χ0n) is 11.1. The van der Waals surface area contributed by atoms with Gasteiger partial charge in [0.2, 0.25) is 10.0 Å². The van der Waals surface area contributed by atoms with Crippen LogP contribution in [0.3, 0.4) is 0 Å². The number of hydrogen-bond acceptors (Lipinski definition) is 4. The Hall–Kier alpha value is -1.99. The maximum absolute atomic E-state index is 12.6. The van der Waals surface area contributed by atoms with E-state index in [9.17, 15) is 18.3 Å². The molecule has 1 aromatic carbocycles. The lowest BCUT2D eigenvalue weighted by molar-refractivity contribution is -0.147. The summed E-state index contributed by atoms with van der Waals surface area (Å²) in [7, 11) is -3.91. The van der Waals surface area contributed by atoms with Crippen LogP contribution in [0.1, 0.15) is 19.3 Å². The fraction of sp³-hybridized carbons (Fsp3) is 0.286. The number of benzene rings is 1. The Morgan fingerprint density at radius 1 is 1.29 bits per heavy atom. The summed E-state index contributed by atoms with van der Waals surface area (Å²) in [5.41, 5.74) is -1.37. The molecule has 1 heterocycles. The van der Waals surface area contributed by atoms with Crippen LogP contribution >= 0.6 is 0 Å². The molecule has 2 N–H and O–H groups in total. The van der Waals surface area contributed by atoms with Crippen LogP contribution in [0.25, 0.3) is 10.8 Å². The van der Waals surface area contributed by atoms with Crippen molar-refractivity contribution in [2.75, 3.05) is 0 Å². The SMILES string of the molecule is O=C(O)C1(NS(=O)(=O)c2cccc3cnccc23)CCC1. The first-order chi connectivity index (χ1) is 9.95. The molecule has 110 valence electrons. The number of aliphatic carboxylic acids is 1. The number of carboxylic acids is 1. The topological polar surface area (TPSA) is 96.4 Å². The van der Waals surface area contributed by atoms with E-state index in [1.54, 1.807) is 24.4 Å². The third-order valence-electron chi connectivity index (χ3n) is 3.88. The van der Waals surface area contributed by atoms with Crippen molar-refractivity contribution in [2.24, 2.45) is 0 Å². The highest BCUT2D eigenvalue weighted by Crippen LogP contribution is 2.34. The van der Waals surface area contributed by atoms with Gasteiger partial charge in [0, 0.05) is 23.2 Å². The van der Waals surface area contributed by atoms with Crippen LogP contribution in [0.5, 0.6) is 0 Å². The van der Waals surface area contributed by atoms with Crippen molar-refractivity contribution >= 4 is 26.8 Å². The van der Waals surface area contributed by atoms with Gasteiger partial charge in [-0.15, -0.1) is 0 Å². The maximum Gasteiger partial charge on any atom is 0.324 e. The third-order valence-corrected chi connectivity index (χ3v) is 5.47. The monoisotopic (exact) mass is 306 g/mol. The highest BCUT2D eigenvalue weighted by Gasteiger charge is 2.47. The van der Waals surface area contributed by atoms with Gasteiger partial charge in [-0.1, -0.05) is 12.1 Å². The van der Waals surface area contributed by atoms with Gasteiger partial charge >= 0.3 is 5.97 Å². The number of sulfonamides is 1. The molecule has 21 heavy (non-hydrogen) atoms. The number of aromatic nitrogens is 1. The Bertz CT molecular complexity index is 807. The predicted octanol–water partition coefficient (Wildman–Crippen LogP) is 1.52. The van der Waals surface area contributed by atoms with Crippen molar-refractivity contribution in [1.82, 2.24) is 9.71 Å². The molecule has 0 amide bonds. The Morgan fingerprint density at radius 3 is 2.67 bits per heavy atom. The highest BCUT2D eigenvalue weighted by molar-refractivity contribution is 7.89. The molecule has 1 aromatic heterocycles. The van der Waals surface area contributed by atoms with Crippen molar-refractivity contribution < 1.29 is 18.3 Å². The van der Waals surface area contributed by atoms with Gasteiger partial charge in [-0.2, -0.15) is 4.72 Å². The number of pyridine rings is 1. The fourth-order valence-electron chi connectivity index (χ4n) is 2.53. The summed E-state index contributed by atoms with van der Waals surface area (Å²) in [6, 6.07) is 6.46. The van der Waals surface area contributed by atoms with Gasteiger partial charge in [-0.3, -0.25) is 9.78 Å². The van der Waals surface area contributed by atoms with Crippen molar-refractivity contribution in [3.05, 3.63) is 36.7 Å². The number of nitrogens with one attached hydrogen (secondary N) is 1. The molecule has 3 rings (SSSR count). The highest BCUT2D eigenvalue weighted by atomic mass is 32.2. The lowest BCUT2D eigenvalue weighted by Gasteiger charge is -2.37. The van der Waals surface area contributed by atoms with Gasteiger partial charge < -0.3 is 5.11 Å². The number of carbonyl (C=O) groups is 1. The Kier molecular flexibility index (Phi) is 3.18. The second kappa shape index (κ2) is 4.78. The molecule has 0 atom stereocenters. The Morgan fingerprint density at radius 2 is 2.05 bits per heavy atom. The van der Waals surface area contributed by atoms with E-state index < -0.39 is 21.5 Å². The lowest BCUT2D eigenvalue weighted by Crippen LogP contribution is -2.58. The van der Waals surface area contributed by atoms with E-state index in [0.717, 1.165) is 0 Å². The average molecular weight is 306 g/mol. The molecule has 1 aliphatic rings. The second-order valence-corrected chi connectivity index (χ2v) is 6.85. The number of hydrogen-bond donors (Lipinski definition) is 2. The molecule has 0 bridgehead atoms. The van der Waals surface area contributed by atoms with Crippen LogP contribution in [0.2, 0.25) is 0 Å². The molecular weight excluding hydrogens is 292 g/mol. The summed E-state index contributed by atoms with van der Waals surface area (Å²) in [4.78, 5) is 15.4. The fourth-order valence-corrected chi connectivity index (χ4v) is 4.18. The predicted molar refractivity (Wildman–Crippen MR) is 76.3 cm³/mol. The molecule has 7 heteroatoms. The van der Waals surface area contributed by atoms with E-state index >= 15 is 0 Å². The van der Waals surface area contributed by atoms with Gasteiger partial charge in [0.15, 0.2) is 0 Å². The molecule has 1 aliphatic carbocycles. The molecule has 2 aromatic rings. The summed E-state index contributed by atoms with van der Waals surface area (Å²) >= 11 is 0. The summed E-state index contributed by atoms with van der Waals surface area (Å²) in [5, 5.41) is 10.5. The average Bonchev–Trinajstić information content (AvgIpc) is 2.42. The van der Waals surface area contributed by atoms with E-state index in [2.05, 4.69) is 9.71 Å². The summed E-state index contributed by atoms with van der Waals surface area (Å²) < 4.78 is 27.5. The number of rotatable bonds is 4. The molecule has 6 nitrogen and oxygen atoms in total. The molecule has 0 aliphatic heterocycles. The van der Waals surface area contributed by atoms with Gasteiger partial charge in [0.25, 0.3) is 0 Å². The maximum atomic E-state index is 12.6. The summed E-state index contributed by atoms with van der Waals surface area (Å²) in [6.45, 7) is 0. The smallest absolute Gasteiger partial charge is 0.324 e. The quantitative estimate of drug-likeness (QED) is 0.892. The molecule has 0 saturated heterocycles. The normalized spacial score (nSPS) is 17.3. The van der Waals surface area contributed by atoms with E-state index in [-0.39, 0.29) is 4.90 Å². The lowest BCUT2D eigenvalue weighted by atomic mass is 9.78. The first kappa shape index (κ1) is 14.0. The minimum absolute atomic E-state index is 0.0786. The zero-order valence-corrected chi connectivity index (χ0v) is 11.9. The molecule has 0 radical (unpaired) electrons. The molecule has 1 saturated carbocycles. The molecular formula is C14H14N2O4S. The molecule has 1 fully saturated rings. The molecule has 0 spiro atoms. The number of carboxylic acid groups (broad SMARTS) is 1. The van der Waals surface area contributed by atoms with Crippen LogP contribution in [0, 0.1) is 0 Å². The van der Waals surface area contributed by atoms with E-state index in [0.29, 0.717) is 30.0 Å². The van der Waals surface area contributed by atoms with Crippen LogP contribution in [0.4, 0.5) is 0 Å². The standard InChI is InChI=1S/C14H14N2O4S/c17-13(18)14(6-2-7-14)16-21(19,20)12-4-1-3-10-9-15-8-5-11(10)12/h1,3-5,8-9,16H,2,6-7H2,(H,17,18). The summed E-state index contributed by atoms with van der Waals surface area (Å²) in [5.74, 6) is -1.13. The van der Waals surface area contributed by atoms with Crippen LogP contribution in [-0.2, 0) is 14.8 Å². The minimum Gasteiger partial charge on any atom is -0.480 e. The van der Waals surface area contributed by atoms with Crippen LogP contribution in [-0.4, -0.2) is 30.0 Å². The van der Waals surface area contributed by atoms with E-state index in [1.165, 1.54) is 12.3 Å². The van der Waals surface area contributed by atoms with Gasteiger partial charge in [0.05, 0.1) is 4.90 Å². The van der Waals surface area contributed by atoms with Gasteiger partial charge in [-0.05, 0) is 31.4 Å². The van der Waals surface area contributed by atoms with Gasteiger partial charge in [-0.25, -0.2) is 8.42 Å². The Balaban J connectivity index is 2.07. The Labute approximate surface area is 121 Å². The van der Waals surface area contributed by atoms with Gasteiger partial charge in [0.1, 0.15) is 5.54 Å². The van der Waals surface area contributed by atoms with Crippen LogP contribution < -0.4 is 4.72 Å². The van der Waals surface area contributed by atoms with Crippen LogP contribution in [0.15, 0.2) is 41.6 Å². The van der Waals surface area contributed by atoms with Crippen molar-refractivity contribution in [3.8, 4) is 0 Å². The minimum atomic E-state index is -3.91. The molecule has 0 unspecified atom stereocenters.